The standard InChI is InChI=1S/C16H18N2O4S/c1-11(17-7-8-21-16(17)23)9-14(19)18-13(10-22-15(18)20)12-5-3-2-4-6-12/h2-6,11,13H,7-10H2,1H3/t11?,13-/m0/s1. The Bertz CT molecular complexity index is 622. The molecule has 2 amide bonds. The molecule has 2 atom stereocenters. The van der Waals surface area contributed by atoms with Crippen LogP contribution in [0.2, 0.25) is 0 Å². The molecule has 0 aliphatic carbocycles. The first kappa shape index (κ1) is 15.7. The van der Waals surface area contributed by atoms with E-state index in [9.17, 15) is 9.59 Å². The number of amides is 2. The van der Waals surface area contributed by atoms with Crippen molar-refractivity contribution >= 4 is 29.4 Å². The molecule has 23 heavy (non-hydrogen) atoms. The van der Waals surface area contributed by atoms with Gasteiger partial charge in [-0.15, -0.1) is 0 Å². The lowest BCUT2D eigenvalue weighted by molar-refractivity contribution is -0.130. The molecule has 122 valence electrons. The van der Waals surface area contributed by atoms with Crippen LogP contribution < -0.4 is 0 Å². The molecule has 1 aromatic carbocycles. The number of carbonyl (C=O) groups is 2. The van der Waals surface area contributed by atoms with Crippen LogP contribution in [0.25, 0.3) is 0 Å². The zero-order valence-electron chi connectivity index (χ0n) is 12.8. The van der Waals surface area contributed by atoms with E-state index in [1.165, 1.54) is 4.90 Å². The van der Waals surface area contributed by atoms with Gasteiger partial charge in [-0.2, -0.15) is 0 Å². The Labute approximate surface area is 139 Å². The van der Waals surface area contributed by atoms with Crippen LogP contribution >= 0.6 is 12.2 Å². The monoisotopic (exact) mass is 334 g/mol. The van der Waals surface area contributed by atoms with Crippen LogP contribution in [0, 0.1) is 0 Å². The van der Waals surface area contributed by atoms with E-state index < -0.39 is 6.09 Å². The van der Waals surface area contributed by atoms with Gasteiger partial charge < -0.3 is 14.4 Å². The third-order valence-electron chi connectivity index (χ3n) is 4.12. The summed E-state index contributed by atoms with van der Waals surface area (Å²) in [5, 5.41) is 0.411. The molecule has 7 heteroatoms. The SMILES string of the molecule is CC(CC(=O)N1C(=O)OC[C@H]1c1ccccc1)N1CCOC1=S. The summed E-state index contributed by atoms with van der Waals surface area (Å²) < 4.78 is 10.3. The smallest absolute Gasteiger partial charge is 0.417 e. The van der Waals surface area contributed by atoms with Crippen molar-refractivity contribution in [1.82, 2.24) is 9.80 Å². The van der Waals surface area contributed by atoms with Crippen LogP contribution in [-0.4, -0.2) is 52.8 Å². The predicted molar refractivity (Wildman–Crippen MR) is 86.7 cm³/mol. The number of benzene rings is 1. The lowest BCUT2D eigenvalue weighted by Gasteiger charge is -2.26. The third-order valence-corrected chi connectivity index (χ3v) is 4.47. The minimum absolute atomic E-state index is 0.123. The summed E-state index contributed by atoms with van der Waals surface area (Å²) in [6.45, 7) is 3.29. The largest absolute Gasteiger partial charge is 0.469 e. The Morgan fingerprint density at radius 2 is 2.09 bits per heavy atom. The van der Waals surface area contributed by atoms with Gasteiger partial charge in [-0.1, -0.05) is 30.3 Å². The van der Waals surface area contributed by atoms with Crippen molar-refractivity contribution in [2.75, 3.05) is 19.8 Å². The molecule has 0 bridgehead atoms. The average molecular weight is 334 g/mol. The van der Waals surface area contributed by atoms with Gasteiger partial charge in [0, 0.05) is 12.5 Å². The summed E-state index contributed by atoms with van der Waals surface area (Å²) in [5.74, 6) is -0.261. The van der Waals surface area contributed by atoms with Crippen molar-refractivity contribution in [3.05, 3.63) is 35.9 Å². The molecule has 6 nitrogen and oxygen atoms in total. The fourth-order valence-corrected chi connectivity index (χ4v) is 3.24. The van der Waals surface area contributed by atoms with Crippen molar-refractivity contribution in [2.24, 2.45) is 0 Å². The van der Waals surface area contributed by atoms with Crippen LogP contribution in [0.1, 0.15) is 24.9 Å². The Morgan fingerprint density at radius 1 is 1.35 bits per heavy atom. The molecule has 1 unspecified atom stereocenters. The maximum Gasteiger partial charge on any atom is 0.417 e. The Morgan fingerprint density at radius 3 is 2.74 bits per heavy atom. The molecule has 0 aromatic heterocycles. The summed E-state index contributed by atoms with van der Waals surface area (Å²) in [4.78, 5) is 27.7. The molecule has 3 rings (SSSR count). The number of rotatable bonds is 4. The van der Waals surface area contributed by atoms with Gasteiger partial charge in [-0.05, 0) is 24.7 Å². The van der Waals surface area contributed by atoms with E-state index >= 15 is 0 Å². The quantitative estimate of drug-likeness (QED) is 0.786. The zero-order chi connectivity index (χ0) is 16.4. The predicted octanol–water partition coefficient (Wildman–Crippen LogP) is 2.10. The lowest BCUT2D eigenvalue weighted by atomic mass is 10.1. The number of hydrogen-bond acceptors (Lipinski definition) is 5. The number of carbonyl (C=O) groups excluding carboxylic acids is 2. The van der Waals surface area contributed by atoms with Gasteiger partial charge in [0.05, 0.1) is 6.54 Å². The highest BCUT2D eigenvalue weighted by Gasteiger charge is 2.39. The molecule has 0 radical (unpaired) electrons. The van der Waals surface area contributed by atoms with Crippen molar-refractivity contribution in [3.8, 4) is 0 Å². The Hall–Kier alpha value is -2.15. The van der Waals surface area contributed by atoms with Gasteiger partial charge in [-0.25, -0.2) is 9.69 Å². The normalized spacial score (nSPS) is 22.0. The lowest BCUT2D eigenvalue weighted by Crippen LogP contribution is -2.41. The van der Waals surface area contributed by atoms with E-state index in [-0.39, 0.29) is 31.0 Å². The fourth-order valence-electron chi connectivity index (χ4n) is 2.88. The molecule has 2 saturated heterocycles. The van der Waals surface area contributed by atoms with Crippen molar-refractivity contribution < 1.29 is 19.1 Å². The summed E-state index contributed by atoms with van der Waals surface area (Å²) in [7, 11) is 0. The van der Waals surface area contributed by atoms with E-state index in [1.54, 1.807) is 0 Å². The number of nitrogens with zero attached hydrogens (tertiary/aromatic N) is 2. The molecule has 2 fully saturated rings. The molecular weight excluding hydrogens is 316 g/mol. The highest BCUT2D eigenvalue weighted by molar-refractivity contribution is 7.80. The van der Waals surface area contributed by atoms with E-state index in [0.29, 0.717) is 18.3 Å². The third kappa shape index (κ3) is 3.14. The average Bonchev–Trinajstić information content (AvgIpc) is 3.14. The van der Waals surface area contributed by atoms with E-state index in [1.807, 2.05) is 42.2 Å². The van der Waals surface area contributed by atoms with Gasteiger partial charge in [-0.3, -0.25) is 4.79 Å². The molecule has 2 aliphatic heterocycles. The molecule has 0 spiro atoms. The maximum absolute atomic E-state index is 12.6. The van der Waals surface area contributed by atoms with E-state index in [4.69, 9.17) is 21.7 Å². The minimum Gasteiger partial charge on any atom is -0.469 e. The highest BCUT2D eigenvalue weighted by atomic mass is 32.1. The van der Waals surface area contributed by atoms with Crippen LogP contribution in [0.15, 0.2) is 30.3 Å². The van der Waals surface area contributed by atoms with Gasteiger partial charge >= 0.3 is 6.09 Å². The first-order valence-corrected chi connectivity index (χ1v) is 7.96. The number of ether oxygens (including phenoxy) is 2. The molecule has 2 heterocycles. The Balaban J connectivity index is 1.71. The summed E-state index contributed by atoms with van der Waals surface area (Å²) in [6, 6.07) is 8.93. The fraction of sp³-hybridized carbons (Fsp3) is 0.438. The van der Waals surface area contributed by atoms with Crippen LogP contribution in [-0.2, 0) is 14.3 Å². The van der Waals surface area contributed by atoms with Crippen LogP contribution in [0.5, 0.6) is 0 Å². The number of hydrogen-bond donors (Lipinski definition) is 0. The van der Waals surface area contributed by atoms with Crippen molar-refractivity contribution in [3.63, 3.8) is 0 Å². The molecule has 2 aliphatic rings. The summed E-state index contributed by atoms with van der Waals surface area (Å²) in [5.41, 5.74) is 0.888. The molecule has 0 N–H and O–H groups in total. The second-order valence-corrected chi connectivity index (χ2v) is 5.98. The topological polar surface area (TPSA) is 59.1 Å². The van der Waals surface area contributed by atoms with Crippen LogP contribution in [0.4, 0.5) is 4.79 Å². The highest BCUT2D eigenvalue weighted by Crippen LogP contribution is 2.29. The first-order valence-electron chi connectivity index (χ1n) is 7.55. The van der Waals surface area contributed by atoms with Crippen LogP contribution in [0.3, 0.4) is 0 Å². The number of cyclic esters (lactones) is 1. The number of thiocarbonyl (C=S) groups is 1. The zero-order valence-corrected chi connectivity index (χ0v) is 13.6. The first-order chi connectivity index (χ1) is 11.1. The second kappa shape index (κ2) is 6.54. The molecular formula is C16H18N2O4S. The Kier molecular flexibility index (Phi) is 4.47. The maximum atomic E-state index is 12.6. The summed E-state index contributed by atoms with van der Waals surface area (Å²) in [6.07, 6.45) is -0.404. The summed E-state index contributed by atoms with van der Waals surface area (Å²) >= 11 is 5.11. The van der Waals surface area contributed by atoms with Crippen molar-refractivity contribution in [1.29, 1.82) is 0 Å². The molecule has 1 aromatic rings. The molecule has 0 saturated carbocycles. The van der Waals surface area contributed by atoms with Crippen molar-refractivity contribution in [2.45, 2.75) is 25.4 Å². The van der Waals surface area contributed by atoms with E-state index in [2.05, 4.69) is 0 Å². The second-order valence-electron chi connectivity index (χ2n) is 5.63. The van der Waals surface area contributed by atoms with E-state index in [0.717, 1.165) is 5.56 Å². The van der Waals surface area contributed by atoms with Gasteiger partial charge in [0.2, 0.25) is 5.91 Å². The minimum atomic E-state index is -0.587. The number of imide groups is 1. The van der Waals surface area contributed by atoms with Gasteiger partial charge in [0.1, 0.15) is 19.3 Å². The van der Waals surface area contributed by atoms with Gasteiger partial charge in [0.25, 0.3) is 5.17 Å². The van der Waals surface area contributed by atoms with Gasteiger partial charge in [0.15, 0.2) is 0 Å².